The van der Waals surface area contributed by atoms with Crippen molar-refractivity contribution in [2.75, 3.05) is 11.9 Å². The number of rotatable bonds is 4. The molecule has 2 rings (SSSR count). The van der Waals surface area contributed by atoms with Gasteiger partial charge in [-0.1, -0.05) is 31.3 Å². The molecule has 0 fully saturated rings. The van der Waals surface area contributed by atoms with Crippen LogP contribution in [0.2, 0.25) is 0 Å². The maximum atomic E-state index is 5.58. The van der Waals surface area contributed by atoms with Gasteiger partial charge in [0.1, 0.15) is 10.7 Å². The fourth-order valence-electron chi connectivity index (χ4n) is 1.72. The summed E-state index contributed by atoms with van der Waals surface area (Å²) in [6, 6.07) is 10.0. The summed E-state index contributed by atoms with van der Waals surface area (Å²) in [5, 5.41) is 0. The molecule has 0 aliphatic heterocycles. The number of benzene rings is 1. The van der Waals surface area contributed by atoms with Crippen LogP contribution < -0.4 is 10.6 Å². The summed E-state index contributed by atoms with van der Waals surface area (Å²) in [4.78, 5) is 10.8. The molecule has 0 radical (unpaired) electrons. The first kappa shape index (κ1) is 13.4. The molecule has 5 heteroatoms. The van der Waals surface area contributed by atoms with E-state index in [-0.39, 0.29) is 4.99 Å². The third-order valence-corrected chi connectivity index (χ3v) is 3.14. The minimum atomic E-state index is 0.276. The SMILES string of the molecule is CCc1ccc(N(C)c2nccc(C(N)=S)n2)cc1. The molecule has 19 heavy (non-hydrogen) atoms. The number of aromatic nitrogens is 2. The molecular formula is C14H16N4S. The van der Waals surface area contributed by atoms with Crippen molar-refractivity contribution in [3.63, 3.8) is 0 Å². The molecule has 0 unspecified atom stereocenters. The van der Waals surface area contributed by atoms with Crippen molar-refractivity contribution in [2.24, 2.45) is 5.73 Å². The topological polar surface area (TPSA) is 55.0 Å². The van der Waals surface area contributed by atoms with Crippen molar-refractivity contribution in [3.05, 3.63) is 47.8 Å². The van der Waals surface area contributed by atoms with Crippen LogP contribution in [0.5, 0.6) is 0 Å². The van der Waals surface area contributed by atoms with Gasteiger partial charge in [0.25, 0.3) is 0 Å². The Morgan fingerprint density at radius 2 is 1.95 bits per heavy atom. The average Bonchev–Trinajstić information content (AvgIpc) is 2.46. The minimum absolute atomic E-state index is 0.276. The monoisotopic (exact) mass is 272 g/mol. The van der Waals surface area contributed by atoms with Crippen LogP contribution in [-0.2, 0) is 6.42 Å². The van der Waals surface area contributed by atoms with E-state index in [1.807, 2.05) is 11.9 Å². The highest BCUT2D eigenvalue weighted by Gasteiger charge is 2.08. The van der Waals surface area contributed by atoms with Gasteiger partial charge in [-0.3, -0.25) is 0 Å². The fourth-order valence-corrected chi connectivity index (χ4v) is 1.83. The highest BCUT2D eigenvalue weighted by Crippen LogP contribution is 2.20. The van der Waals surface area contributed by atoms with E-state index in [1.54, 1.807) is 12.3 Å². The lowest BCUT2D eigenvalue weighted by atomic mass is 10.1. The summed E-state index contributed by atoms with van der Waals surface area (Å²) in [5.74, 6) is 0.578. The van der Waals surface area contributed by atoms with Crippen molar-refractivity contribution in [2.45, 2.75) is 13.3 Å². The quantitative estimate of drug-likeness (QED) is 0.866. The Balaban J connectivity index is 2.29. The molecule has 0 amide bonds. The molecule has 0 saturated heterocycles. The lowest BCUT2D eigenvalue weighted by molar-refractivity contribution is 1.03. The molecular weight excluding hydrogens is 256 g/mol. The van der Waals surface area contributed by atoms with Gasteiger partial charge in [0.05, 0.1) is 0 Å². The standard InChI is InChI=1S/C14H16N4S/c1-3-10-4-6-11(7-5-10)18(2)14-16-9-8-12(17-14)13(15)19/h4-9H,3H2,1-2H3,(H2,15,19). The summed E-state index contributed by atoms with van der Waals surface area (Å²) in [7, 11) is 1.92. The maximum absolute atomic E-state index is 5.58. The van der Waals surface area contributed by atoms with Gasteiger partial charge in [0.2, 0.25) is 5.95 Å². The van der Waals surface area contributed by atoms with E-state index in [4.69, 9.17) is 18.0 Å². The molecule has 0 saturated carbocycles. The molecule has 0 spiro atoms. The van der Waals surface area contributed by atoms with Gasteiger partial charge in [-0.05, 0) is 30.2 Å². The number of thiocarbonyl (C=S) groups is 1. The number of hydrogen-bond acceptors (Lipinski definition) is 4. The van der Waals surface area contributed by atoms with Crippen molar-refractivity contribution in [1.29, 1.82) is 0 Å². The summed E-state index contributed by atoms with van der Waals surface area (Å²) in [6.45, 7) is 2.13. The number of hydrogen-bond donors (Lipinski definition) is 1. The van der Waals surface area contributed by atoms with Crippen LogP contribution >= 0.6 is 12.2 Å². The zero-order valence-electron chi connectivity index (χ0n) is 11.0. The van der Waals surface area contributed by atoms with Crippen LogP contribution in [0.3, 0.4) is 0 Å². The molecule has 1 aromatic heterocycles. The van der Waals surface area contributed by atoms with Crippen LogP contribution in [0.15, 0.2) is 36.5 Å². The van der Waals surface area contributed by atoms with E-state index < -0.39 is 0 Å². The normalized spacial score (nSPS) is 10.2. The van der Waals surface area contributed by atoms with Crippen LogP contribution in [0, 0.1) is 0 Å². The Hall–Kier alpha value is -2.01. The first-order chi connectivity index (χ1) is 9.11. The summed E-state index contributed by atoms with van der Waals surface area (Å²) in [5.41, 5.74) is 8.49. The van der Waals surface area contributed by atoms with Crippen molar-refractivity contribution < 1.29 is 0 Å². The molecule has 1 aromatic carbocycles. The lowest BCUT2D eigenvalue weighted by Crippen LogP contribution is -2.17. The highest BCUT2D eigenvalue weighted by atomic mass is 32.1. The molecule has 0 atom stereocenters. The maximum Gasteiger partial charge on any atom is 0.230 e. The third-order valence-electron chi connectivity index (χ3n) is 2.93. The third kappa shape index (κ3) is 3.06. The van der Waals surface area contributed by atoms with Crippen LogP contribution in [-0.4, -0.2) is 22.0 Å². The van der Waals surface area contributed by atoms with Gasteiger partial charge in [-0.25, -0.2) is 9.97 Å². The van der Waals surface area contributed by atoms with Gasteiger partial charge >= 0.3 is 0 Å². The zero-order valence-corrected chi connectivity index (χ0v) is 11.8. The summed E-state index contributed by atoms with van der Waals surface area (Å²) >= 11 is 4.93. The van der Waals surface area contributed by atoms with E-state index in [0.717, 1.165) is 12.1 Å². The Morgan fingerprint density at radius 3 is 2.53 bits per heavy atom. The fraction of sp³-hybridized carbons (Fsp3) is 0.214. The first-order valence-corrected chi connectivity index (χ1v) is 6.48. The van der Waals surface area contributed by atoms with E-state index in [0.29, 0.717) is 11.6 Å². The molecule has 0 aliphatic rings. The highest BCUT2D eigenvalue weighted by molar-refractivity contribution is 7.80. The van der Waals surface area contributed by atoms with Crippen molar-refractivity contribution >= 4 is 28.8 Å². The Kier molecular flexibility index (Phi) is 4.06. The zero-order chi connectivity index (χ0) is 13.8. The van der Waals surface area contributed by atoms with Crippen molar-refractivity contribution in [3.8, 4) is 0 Å². The van der Waals surface area contributed by atoms with Gasteiger partial charge in [0, 0.05) is 18.9 Å². The molecule has 1 heterocycles. The second kappa shape index (κ2) is 5.75. The lowest BCUT2D eigenvalue weighted by Gasteiger charge is -2.17. The first-order valence-electron chi connectivity index (χ1n) is 6.07. The molecule has 98 valence electrons. The predicted octanol–water partition coefficient (Wildman–Crippen LogP) is 2.44. The number of aryl methyl sites for hydroxylation is 1. The average molecular weight is 272 g/mol. The van der Waals surface area contributed by atoms with Crippen molar-refractivity contribution in [1.82, 2.24) is 9.97 Å². The van der Waals surface area contributed by atoms with Crippen LogP contribution in [0.1, 0.15) is 18.2 Å². The van der Waals surface area contributed by atoms with E-state index in [2.05, 4.69) is 41.2 Å². The van der Waals surface area contributed by atoms with Gasteiger partial charge in [-0.2, -0.15) is 0 Å². The number of nitrogens with zero attached hydrogens (tertiary/aromatic N) is 3. The predicted molar refractivity (Wildman–Crippen MR) is 81.8 cm³/mol. The van der Waals surface area contributed by atoms with Crippen LogP contribution in [0.4, 0.5) is 11.6 Å². The van der Waals surface area contributed by atoms with Gasteiger partial charge in [0.15, 0.2) is 0 Å². The van der Waals surface area contributed by atoms with E-state index in [1.165, 1.54) is 5.56 Å². The van der Waals surface area contributed by atoms with Gasteiger partial charge < -0.3 is 10.6 Å². The second-order valence-corrected chi connectivity index (χ2v) is 4.62. The summed E-state index contributed by atoms with van der Waals surface area (Å²) in [6.07, 6.45) is 2.69. The Labute approximate surface area is 118 Å². The Morgan fingerprint density at radius 1 is 1.26 bits per heavy atom. The van der Waals surface area contributed by atoms with E-state index >= 15 is 0 Å². The largest absolute Gasteiger partial charge is 0.388 e. The van der Waals surface area contributed by atoms with Crippen LogP contribution in [0.25, 0.3) is 0 Å². The van der Waals surface area contributed by atoms with Gasteiger partial charge in [-0.15, -0.1) is 0 Å². The molecule has 2 N–H and O–H groups in total. The molecule has 4 nitrogen and oxygen atoms in total. The smallest absolute Gasteiger partial charge is 0.230 e. The second-order valence-electron chi connectivity index (χ2n) is 4.19. The number of nitrogens with two attached hydrogens (primary N) is 1. The summed E-state index contributed by atoms with van der Waals surface area (Å²) < 4.78 is 0. The Bertz CT molecular complexity index is 580. The molecule has 0 aliphatic carbocycles. The molecule has 2 aromatic rings. The van der Waals surface area contributed by atoms with E-state index in [9.17, 15) is 0 Å². The number of anilines is 2. The minimum Gasteiger partial charge on any atom is -0.388 e. The molecule has 0 bridgehead atoms.